The molecule has 0 aliphatic carbocycles. The molecule has 0 radical (unpaired) electrons. The lowest BCUT2D eigenvalue weighted by atomic mass is 10.3. The predicted octanol–water partition coefficient (Wildman–Crippen LogP) is -0.247. The van der Waals surface area contributed by atoms with E-state index >= 15 is 0 Å². The first-order valence-electron chi connectivity index (χ1n) is 7.45. The Morgan fingerprint density at radius 2 is 2.43 bits per heavy atom. The average molecular weight is 320 g/mol. The molecule has 1 saturated heterocycles. The summed E-state index contributed by atoms with van der Waals surface area (Å²) in [5, 5.41) is 16.9. The van der Waals surface area contributed by atoms with Crippen LogP contribution in [0.3, 0.4) is 0 Å². The van der Waals surface area contributed by atoms with Crippen molar-refractivity contribution in [2.24, 2.45) is 7.05 Å². The van der Waals surface area contributed by atoms with Crippen molar-refractivity contribution < 1.29 is 19.1 Å². The predicted molar refractivity (Wildman–Crippen MR) is 80.6 cm³/mol. The molecule has 3 heterocycles. The van der Waals surface area contributed by atoms with Gasteiger partial charge in [0, 0.05) is 20.1 Å². The summed E-state index contributed by atoms with van der Waals surface area (Å²) >= 11 is 0. The number of β-amino-alcohol motifs (C(OH)–C–C–N with tert-alkyl or cyclic N) is 1. The average Bonchev–Trinajstić information content (AvgIpc) is 3.21. The monoisotopic (exact) mass is 320 g/mol. The van der Waals surface area contributed by atoms with Crippen molar-refractivity contribution in [1.29, 1.82) is 0 Å². The third-order valence-corrected chi connectivity index (χ3v) is 3.69. The number of aryl methyl sites for hydroxylation is 1. The minimum atomic E-state index is -0.631. The van der Waals surface area contributed by atoms with Gasteiger partial charge in [-0.05, 0) is 12.1 Å². The quantitative estimate of drug-likeness (QED) is 0.763. The van der Waals surface area contributed by atoms with E-state index in [1.54, 1.807) is 42.5 Å². The van der Waals surface area contributed by atoms with E-state index in [1.807, 2.05) is 4.90 Å². The number of aromatic nitrogens is 2. The molecule has 2 aromatic heterocycles. The molecule has 23 heavy (non-hydrogen) atoms. The third kappa shape index (κ3) is 4.11. The number of hydrogen-bond acceptors (Lipinski definition) is 6. The maximum absolute atomic E-state index is 11.9. The molecular weight excluding hydrogens is 300 g/mol. The second-order valence-corrected chi connectivity index (χ2v) is 5.62. The summed E-state index contributed by atoms with van der Waals surface area (Å²) in [6.45, 7) is 1.46. The van der Waals surface area contributed by atoms with E-state index in [0.29, 0.717) is 31.1 Å². The van der Waals surface area contributed by atoms with Crippen LogP contribution < -0.4 is 10.1 Å². The second kappa shape index (κ2) is 6.84. The highest BCUT2D eigenvalue weighted by molar-refractivity contribution is 5.78. The molecule has 1 amide bonds. The Morgan fingerprint density at radius 3 is 3.13 bits per heavy atom. The standard InChI is InChI=1S/C15H20N4O4/c1-18-7-12(6-17-18)23-14-9-19(8-13(14)20)10-15(21)16-5-11-3-2-4-22-11/h2-4,6-7,13-14,20H,5,8-10H2,1H3,(H,16,21)/t13-,14-/m1/s1. The minimum Gasteiger partial charge on any atom is -0.483 e. The van der Waals surface area contributed by atoms with Gasteiger partial charge in [0.1, 0.15) is 18.0 Å². The van der Waals surface area contributed by atoms with Gasteiger partial charge in [0.15, 0.2) is 5.75 Å². The maximum Gasteiger partial charge on any atom is 0.234 e. The van der Waals surface area contributed by atoms with E-state index in [1.165, 1.54) is 0 Å². The zero-order valence-electron chi connectivity index (χ0n) is 12.9. The molecule has 8 heteroatoms. The molecule has 2 aromatic rings. The highest BCUT2D eigenvalue weighted by atomic mass is 16.5. The summed E-state index contributed by atoms with van der Waals surface area (Å²) < 4.78 is 12.5. The van der Waals surface area contributed by atoms with Gasteiger partial charge in [0.05, 0.1) is 31.7 Å². The fourth-order valence-electron chi connectivity index (χ4n) is 2.57. The summed E-state index contributed by atoms with van der Waals surface area (Å²) in [5.41, 5.74) is 0. The first kappa shape index (κ1) is 15.6. The van der Waals surface area contributed by atoms with E-state index in [4.69, 9.17) is 9.15 Å². The fourth-order valence-corrected chi connectivity index (χ4v) is 2.57. The Balaban J connectivity index is 1.45. The van der Waals surface area contributed by atoms with Crippen molar-refractivity contribution in [2.45, 2.75) is 18.8 Å². The molecule has 2 N–H and O–H groups in total. The van der Waals surface area contributed by atoms with Crippen molar-refractivity contribution in [3.8, 4) is 5.75 Å². The zero-order chi connectivity index (χ0) is 16.2. The first-order chi connectivity index (χ1) is 11.1. The number of aliphatic hydroxyl groups is 1. The molecular formula is C15H20N4O4. The number of aliphatic hydroxyl groups excluding tert-OH is 1. The second-order valence-electron chi connectivity index (χ2n) is 5.62. The van der Waals surface area contributed by atoms with Gasteiger partial charge in [-0.2, -0.15) is 5.10 Å². The van der Waals surface area contributed by atoms with Crippen LogP contribution in [0.15, 0.2) is 35.2 Å². The number of likely N-dealkylation sites (tertiary alicyclic amines) is 1. The van der Waals surface area contributed by atoms with Crippen LogP contribution >= 0.6 is 0 Å². The molecule has 3 rings (SSSR count). The van der Waals surface area contributed by atoms with Gasteiger partial charge < -0.3 is 19.6 Å². The van der Waals surface area contributed by atoms with E-state index in [0.717, 1.165) is 0 Å². The molecule has 0 bridgehead atoms. The summed E-state index contributed by atoms with van der Waals surface area (Å²) in [6.07, 6.45) is 3.92. The summed E-state index contributed by atoms with van der Waals surface area (Å²) in [7, 11) is 1.80. The van der Waals surface area contributed by atoms with Gasteiger partial charge in [0.2, 0.25) is 5.91 Å². The molecule has 8 nitrogen and oxygen atoms in total. The number of amides is 1. The first-order valence-corrected chi connectivity index (χ1v) is 7.45. The smallest absolute Gasteiger partial charge is 0.234 e. The Hall–Kier alpha value is -2.32. The summed E-state index contributed by atoms with van der Waals surface area (Å²) in [6, 6.07) is 3.58. The lowest BCUT2D eigenvalue weighted by Crippen LogP contribution is -2.36. The largest absolute Gasteiger partial charge is 0.483 e. The molecule has 1 aliphatic rings. The Kier molecular flexibility index (Phi) is 4.63. The molecule has 0 spiro atoms. The number of rotatable bonds is 6. The van der Waals surface area contributed by atoms with Gasteiger partial charge in [-0.1, -0.05) is 0 Å². The van der Waals surface area contributed by atoms with Crippen LogP contribution in [0.1, 0.15) is 5.76 Å². The van der Waals surface area contributed by atoms with Crippen LogP contribution in [0.5, 0.6) is 5.75 Å². The fraction of sp³-hybridized carbons (Fsp3) is 0.467. The van der Waals surface area contributed by atoms with Crippen LogP contribution in [0.2, 0.25) is 0 Å². The topological polar surface area (TPSA) is 92.8 Å². The SMILES string of the molecule is Cn1cc(O[C@@H]2CN(CC(=O)NCc3ccco3)C[C@H]2O)cn1. The van der Waals surface area contributed by atoms with E-state index in [9.17, 15) is 9.90 Å². The van der Waals surface area contributed by atoms with Crippen LogP contribution in [0, 0.1) is 0 Å². The van der Waals surface area contributed by atoms with E-state index in [-0.39, 0.29) is 18.6 Å². The zero-order valence-corrected chi connectivity index (χ0v) is 12.9. The summed E-state index contributed by atoms with van der Waals surface area (Å²) in [5.74, 6) is 1.20. The van der Waals surface area contributed by atoms with E-state index in [2.05, 4.69) is 10.4 Å². The normalized spacial score (nSPS) is 21.5. The molecule has 0 unspecified atom stereocenters. The summed E-state index contributed by atoms with van der Waals surface area (Å²) in [4.78, 5) is 13.8. The lowest BCUT2D eigenvalue weighted by Gasteiger charge is -2.15. The highest BCUT2D eigenvalue weighted by Gasteiger charge is 2.34. The number of carbonyl (C=O) groups is 1. The molecule has 0 saturated carbocycles. The Morgan fingerprint density at radius 1 is 1.57 bits per heavy atom. The number of ether oxygens (including phenoxy) is 1. The lowest BCUT2D eigenvalue weighted by molar-refractivity contribution is -0.122. The number of nitrogens with zero attached hydrogens (tertiary/aromatic N) is 3. The van der Waals surface area contributed by atoms with Gasteiger partial charge in [-0.25, -0.2) is 0 Å². The van der Waals surface area contributed by atoms with Crippen molar-refractivity contribution in [2.75, 3.05) is 19.6 Å². The van der Waals surface area contributed by atoms with Gasteiger partial charge >= 0.3 is 0 Å². The Bertz CT molecular complexity index is 640. The van der Waals surface area contributed by atoms with E-state index < -0.39 is 6.10 Å². The van der Waals surface area contributed by atoms with Crippen molar-refractivity contribution in [1.82, 2.24) is 20.0 Å². The minimum absolute atomic E-state index is 0.115. The van der Waals surface area contributed by atoms with Crippen molar-refractivity contribution in [3.63, 3.8) is 0 Å². The number of furan rings is 1. The third-order valence-electron chi connectivity index (χ3n) is 3.69. The van der Waals surface area contributed by atoms with Crippen LogP contribution in [-0.4, -0.2) is 57.5 Å². The van der Waals surface area contributed by atoms with Crippen molar-refractivity contribution in [3.05, 3.63) is 36.5 Å². The highest BCUT2D eigenvalue weighted by Crippen LogP contribution is 2.17. The maximum atomic E-state index is 11.9. The molecule has 1 fully saturated rings. The molecule has 1 aliphatic heterocycles. The van der Waals surface area contributed by atoms with Crippen molar-refractivity contribution >= 4 is 5.91 Å². The number of carbonyl (C=O) groups excluding carboxylic acids is 1. The van der Waals surface area contributed by atoms with Crippen LogP contribution in [0.25, 0.3) is 0 Å². The van der Waals surface area contributed by atoms with Crippen LogP contribution in [0.4, 0.5) is 0 Å². The van der Waals surface area contributed by atoms with Gasteiger partial charge in [0.25, 0.3) is 0 Å². The molecule has 2 atom stereocenters. The molecule has 124 valence electrons. The molecule has 0 aromatic carbocycles. The van der Waals surface area contributed by atoms with Crippen LogP contribution in [-0.2, 0) is 18.4 Å². The number of hydrogen-bond donors (Lipinski definition) is 2. The number of nitrogens with one attached hydrogen (secondary N) is 1. The Labute approximate surface area is 133 Å². The van der Waals surface area contributed by atoms with Gasteiger partial charge in [-0.15, -0.1) is 0 Å². The van der Waals surface area contributed by atoms with Gasteiger partial charge in [-0.3, -0.25) is 14.4 Å².